The molecule has 0 unspecified atom stereocenters. The Balaban J connectivity index is 2.09. The molecule has 2 N–H and O–H groups in total. The minimum Gasteiger partial charge on any atom is -0.337 e. The van der Waals surface area contributed by atoms with Gasteiger partial charge in [-0.1, -0.05) is 6.92 Å². The normalized spacial score (nSPS) is 11.8. The first-order valence-corrected chi connectivity index (χ1v) is 7.93. The summed E-state index contributed by atoms with van der Waals surface area (Å²) in [4.78, 5) is 3.92. The van der Waals surface area contributed by atoms with Crippen LogP contribution in [0.2, 0.25) is 0 Å². The third-order valence-electron chi connectivity index (χ3n) is 2.45. The smallest absolute Gasteiger partial charge is 0.212 e. The van der Waals surface area contributed by atoms with Gasteiger partial charge in [-0.05, 0) is 19.4 Å². The highest BCUT2D eigenvalue weighted by atomic mass is 32.2. The first kappa shape index (κ1) is 15.1. The number of hydrogen-bond acceptors (Lipinski definition) is 4. The lowest BCUT2D eigenvalue weighted by Gasteiger charge is -2.07. The quantitative estimate of drug-likeness (QED) is 0.597. The summed E-state index contributed by atoms with van der Waals surface area (Å²) < 4.78 is 27.7. The van der Waals surface area contributed by atoms with E-state index in [1.807, 2.05) is 10.8 Å². The van der Waals surface area contributed by atoms with E-state index in [9.17, 15) is 8.42 Å². The molecule has 0 aliphatic carbocycles. The van der Waals surface area contributed by atoms with Crippen LogP contribution in [0.25, 0.3) is 0 Å². The number of aromatic nitrogens is 2. The molecular weight excluding hydrogens is 252 g/mol. The first-order chi connectivity index (χ1) is 8.64. The second kappa shape index (κ2) is 8.23. The molecule has 18 heavy (non-hydrogen) atoms. The molecule has 1 heterocycles. The lowest BCUT2D eigenvalue weighted by atomic mass is 10.4. The topological polar surface area (TPSA) is 76.0 Å². The fourth-order valence-corrected chi connectivity index (χ4v) is 2.50. The van der Waals surface area contributed by atoms with E-state index in [-0.39, 0.29) is 5.75 Å². The predicted octanol–water partition coefficient (Wildman–Crippen LogP) is 0.192. The number of nitrogens with zero attached hydrogens (tertiary/aromatic N) is 2. The Kier molecular flexibility index (Phi) is 6.92. The summed E-state index contributed by atoms with van der Waals surface area (Å²) in [5.41, 5.74) is 0. The average molecular weight is 274 g/mol. The Labute approximate surface area is 109 Å². The molecule has 0 aromatic carbocycles. The lowest BCUT2D eigenvalue weighted by molar-refractivity contribution is 0.565. The van der Waals surface area contributed by atoms with E-state index in [2.05, 4.69) is 21.9 Å². The minimum atomic E-state index is -3.14. The van der Waals surface area contributed by atoms with Crippen LogP contribution in [0.15, 0.2) is 18.7 Å². The van der Waals surface area contributed by atoms with Crippen LogP contribution >= 0.6 is 0 Å². The Morgan fingerprint density at radius 1 is 1.28 bits per heavy atom. The van der Waals surface area contributed by atoms with Gasteiger partial charge >= 0.3 is 0 Å². The van der Waals surface area contributed by atoms with Gasteiger partial charge in [0.25, 0.3) is 0 Å². The van der Waals surface area contributed by atoms with Gasteiger partial charge in [0, 0.05) is 32.0 Å². The fraction of sp³-hybridized carbons (Fsp3) is 0.727. The van der Waals surface area contributed by atoms with Gasteiger partial charge in [0.05, 0.1) is 12.1 Å². The van der Waals surface area contributed by atoms with Gasteiger partial charge < -0.3 is 9.88 Å². The molecule has 0 saturated carbocycles. The number of imidazole rings is 1. The highest BCUT2D eigenvalue weighted by molar-refractivity contribution is 7.89. The summed E-state index contributed by atoms with van der Waals surface area (Å²) in [7, 11) is -3.14. The van der Waals surface area contributed by atoms with Gasteiger partial charge in [-0.3, -0.25) is 0 Å². The molecule has 0 radical (unpaired) electrons. The number of hydrogen-bond donors (Lipinski definition) is 2. The van der Waals surface area contributed by atoms with Gasteiger partial charge in [0.15, 0.2) is 0 Å². The minimum absolute atomic E-state index is 0.137. The van der Waals surface area contributed by atoms with Crippen molar-refractivity contribution >= 4 is 10.0 Å². The summed E-state index contributed by atoms with van der Waals surface area (Å²) >= 11 is 0. The molecule has 0 aliphatic rings. The van der Waals surface area contributed by atoms with Crippen molar-refractivity contribution in [2.24, 2.45) is 0 Å². The number of nitrogens with one attached hydrogen (secondary N) is 2. The summed E-state index contributed by atoms with van der Waals surface area (Å²) in [5.74, 6) is 0.137. The van der Waals surface area contributed by atoms with Gasteiger partial charge in [-0.15, -0.1) is 0 Å². The van der Waals surface area contributed by atoms with E-state index in [0.717, 1.165) is 25.9 Å². The van der Waals surface area contributed by atoms with Crippen LogP contribution < -0.4 is 10.0 Å². The molecule has 1 aromatic heterocycles. The largest absolute Gasteiger partial charge is 0.337 e. The molecule has 0 amide bonds. The van der Waals surface area contributed by atoms with E-state index >= 15 is 0 Å². The molecule has 104 valence electrons. The van der Waals surface area contributed by atoms with Gasteiger partial charge in [-0.25, -0.2) is 18.1 Å². The molecule has 0 saturated heterocycles. The lowest BCUT2D eigenvalue weighted by Crippen LogP contribution is -2.33. The first-order valence-electron chi connectivity index (χ1n) is 6.28. The predicted molar refractivity (Wildman–Crippen MR) is 71.8 cm³/mol. The summed E-state index contributed by atoms with van der Waals surface area (Å²) in [6, 6.07) is 0. The van der Waals surface area contributed by atoms with Crippen LogP contribution in [-0.4, -0.2) is 43.4 Å². The van der Waals surface area contributed by atoms with Crippen LogP contribution in [0, 0.1) is 0 Å². The molecule has 0 fully saturated rings. The van der Waals surface area contributed by atoms with Crippen molar-refractivity contribution in [1.82, 2.24) is 19.6 Å². The zero-order valence-corrected chi connectivity index (χ0v) is 11.6. The van der Waals surface area contributed by atoms with Crippen molar-refractivity contribution in [3.63, 3.8) is 0 Å². The van der Waals surface area contributed by atoms with Crippen molar-refractivity contribution < 1.29 is 8.42 Å². The van der Waals surface area contributed by atoms with E-state index in [4.69, 9.17) is 0 Å². The maximum Gasteiger partial charge on any atom is 0.212 e. The fourth-order valence-electron chi connectivity index (χ4n) is 1.49. The van der Waals surface area contributed by atoms with Gasteiger partial charge in [0.1, 0.15) is 0 Å². The second-order valence-electron chi connectivity index (χ2n) is 4.12. The molecule has 6 nitrogen and oxygen atoms in total. The number of sulfonamides is 1. The summed E-state index contributed by atoms with van der Waals surface area (Å²) in [6.07, 6.45) is 7.08. The SMILES string of the molecule is CCCNCCS(=O)(=O)NCCCn1ccnc1. The van der Waals surface area contributed by atoms with Crippen molar-refractivity contribution in [2.45, 2.75) is 26.3 Å². The van der Waals surface area contributed by atoms with Crippen LogP contribution in [-0.2, 0) is 16.6 Å². The molecule has 1 rings (SSSR count). The monoisotopic (exact) mass is 274 g/mol. The Bertz CT molecular complexity index is 403. The van der Waals surface area contributed by atoms with E-state index in [1.165, 1.54) is 0 Å². The van der Waals surface area contributed by atoms with E-state index < -0.39 is 10.0 Å². The maximum absolute atomic E-state index is 11.6. The molecule has 0 bridgehead atoms. The Morgan fingerprint density at radius 2 is 2.11 bits per heavy atom. The zero-order valence-electron chi connectivity index (χ0n) is 10.8. The molecule has 0 spiro atoms. The van der Waals surface area contributed by atoms with Crippen molar-refractivity contribution in [1.29, 1.82) is 0 Å². The van der Waals surface area contributed by atoms with E-state index in [1.54, 1.807) is 12.5 Å². The highest BCUT2D eigenvalue weighted by Gasteiger charge is 2.08. The second-order valence-corrected chi connectivity index (χ2v) is 6.04. The van der Waals surface area contributed by atoms with Crippen molar-refractivity contribution in [2.75, 3.05) is 25.4 Å². The molecule has 1 aromatic rings. The van der Waals surface area contributed by atoms with Gasteiger partial charge in [0.2, 0.25) is 10.0 Å². The summed E-state index contributed by atoms with van der Waals surface area (Å²) in [5, 5.41) is 3.07. The molecule has 0 aliphatic heterocycles. The zero-order chi connectivity index (χ0) is 13.3. The van der Waals surface area contributed by atoms with Crippen LogP contribution in [0.3, 0.4) is 0 Å². The number of aryl methyl sites for hydroxylation is 1. The average Bonchev–Trinajstić information content (AvgIpc) is 2.83. The summed E-state index contributed by atoms with van der Waals surface area (Å²) in [6.45, 7) is 4.65. The van der Waals surface area contributed by atoms with Crippen LogP contribution in [0.5, 0.6) is 0 Å². The third kappa shape index (κ3) is 6.73. The third-order valence-corrected chi connectivity index (χ3v) is 3.83. The number of rotatable bonds is 10. The van der Waals surface area contributed by atoms with Crippen LogP contribution in [0.1, 0.15) is 19.8 Å². The Hall–Kier alpha value is -0.920. The van der Waals surface area contributed by atoms with Crippen molar-refractivity contribution in [3.05, 3.63) is 18.7 Å². The highest BCUT2D eigenvalue weighted by Crippen LogP contribution is 1.91. The molecule has 7 heteroatoms. The van der Waals surface area contributed by atoms with Crippen LogP contribution in [0.4, 0.5) is 0 Å². The standard InChI is InChI=1S/C11H22N4O2S/c1-2-4-12-7-10-18(16,17)14-5-3-8-15-9-6-13-11-15/h6,9,11-12,14H,2-5,7-8,10H2,1H3. The Morgan fingerprint density at radius 3 is 2.78 bits per heavy atom. The molecule has 0 atom stereocenters. The maximum atomic E-state index is 11.6. The van der Waals surface area contributed by atoms with E-state index in [0.29, 0.717) is 13.1 Å². The van der Waals surface area contributed by atoms with Gasteiger partial charge in [-0.2, -0.15) is 0 Å². The molecular formula is C11H22N4O2S. The van der Waals surface area contributed by atoms with Crippen molar-refractivity contribution in [3.8, 4) is 0 Å².